The molecule has 128 valence electrons. The van der Waals surface area contributed by atoms with E-state index in [4.69, 9.17) is 10.2 Å². The van der Waals surface area contributed by atoms with Gasteiger partial charge in [-0.3, -0.25) is 4.79 Å². The van der Waals surface area contributed by atoms with Crippen LogP contribution in [0.25, 0.3) is 0 Å². The van der Waals surface area contributed by atoms with Crippen molar-refractivity contribution in [3.63, 3.8) is 0 Å². The van der Waals surface area contributed by atoms with Crippen LogP contribution in [0.2, 0.25) is 0 Å². The first kappa shape index (κ1) is 19.1. The molecule has 0 radical (unpaired) electrons. The molecule has 0 heterocycles. The van der Waals surface area contributed by atoms with Gasteiger partial charge in [0.25, 0.3) is 0 Å². The average Bonchev–Trinajstić information content (AvgIpc) is 2.87. The fourth-order valence-electron chi connectivity index (χ4n) is 3.72. The molecule has 1 rings (SSSR count). The summed E-state index contributed by atoms with van der Waals surface area (Å²) < 4.78 is 0. The van der Waals surface area contributed by atoms with Gasteiger partial charge in [0, 0.05) is 18.9 Å². The highest BCUT2D eigenvalue weighted by atomic mass is 16.4. The molecule has 0 aromatic carbocycles. The van der Waals surface area contributed by atoms with Crippen LogP contribution >= 0.6 is 0 Å². The van der Waals surface area contributed by atoms with E-state index in [-0.39, 0.29) is 43.3 Å². The Hall–Kier alpha value is -0.980. The maximum absolute atomic E-state index is 11.3. The minimum Gasteiger partial charge on any atom is -0.481 e. The lowest BCUT2D eigenvalue weighted by Gasteiger charge is -2.25. The van der Waals surface area contributed by atoms with Crippen molar-refractivity contribution in [3.05, 3.63) is 0 Å². The third-order valence-corrected chi connectivity index (χ3v) is 4.91. The Morgan fingerprint density at radius 2 is 1.86 bits per heavy atom. The minimum atomic E-state index is -0.851. The van der Waals surface area contributed by atoms with E-state index in [1.807, 2.05) is 0 Å². The van der Waals surface area contributed by atoms with Gasteiger partial charge < -0.3 is 25.2 Å². The maximum Gasteiger partial charge on any atom is 0.303 e. The highest BCUT2D eigenvalue weighted by molar-refractivity contribution is 5.66. The monoisotopic (exact) mass is 316 g/mol. The molecule has 0 aliphatic heterocycles. The van der Waals surface area contributed by atoms with Crippen molar-refractivity contribution in [2.45, 2.75) is 51.0 Å². The van der Waals surface area contributed by atoms with Gasteiger partial charge in [-0.15, -0.1) is 0 Å². The van der Waals surface area contributed by atoms with Crippen molar-refractivity contribution in [2.24, 2.45) is 23.7 Å². The molecule has 0 aromatic heterocycles. The summed E-state index contributed by atoms with van der Waals surface area (Å²) in [5.41, 5.74) is 0. The number of carboxylic acid groups (broad SMARTS) is 1. The molecule has 0 spiro atoms. The molecule has 1 fully saturated rings. The van der Waals surface area contributed by atoms with Crippen molar-refractivity contribution in [3.8, 4) is 0 Å². The van der Waals surface area contributed by atoms with E-state index in [9.17, 15) is 19.8 Å². The Morgan fingerprint density at radius 3 is 2.41 bits per heavy atom. The second-order valence-corrected chi connectivity index (χ2v) is 6.32. The zero-order valence-corrected chi connectivity index (χ0v) is 12.9. The van der Waals surface area contributed by atoms with Gasteiger partial charge in [0.05, 0.1) is 12.7 Å². The Bertz CT molecular complexity index is 346. The van der Waals surface area contributed by atoms with Crippen LogP contribution in [0.3, 0.4) is 0 Å². The predicted molar refractivity (Wildman–Crippen MR) is 80.2 cm³/mol. The summed E-state index contributed by atoms with van der Waals surface area (Å²) in [7, 11) is 0. The van der Waals surface area contributed by atoms with Gasteiger partial charge in [-0.25, -0.2) is 0 Å². The highest BCUT2D eigenvalue weighted by Gasteiger charge is 2.44. The summed E-state index contributed by atoms with van der Waals surface area (Å²) in [6, 6.07) is 0. The summed E-state index contributed by atoms with van der Waals surface area (Å²) in [5, 5.41) is 37.1. The normalized spacial score (nSPS) is 29.4. The predicted octanol–water partition coefficient (Wildman–Crippen LogP) is 0.824. The Morgan fingerprint density at radius 1 is 1.18 bits per heavy atom. The number of aliphatic hydroxyl groups excluding tert-OH is 3. The summed E-state index contributed by atoms with van der Waals surface area (Å²) in [4.78, 5) is 21.8. The lowest BCUT2D eigenvalue weighted by Crippen LogP contribution is -2.29. The molecule has 5 atom stereocenters. The number of hydrogen-bond donors (Lipinski definition) is 4. The number of aliphatic carboxylic acids is 1. The van der Waals surface area contributed by atoms with Crippen molar-refractivity contribution in [1.82, 2.24) is 0 Å². The van der Waals surface area contributed by atoms with Gasteiger partial charge >= 0.3 is 5.97 Å². The molecule has 22 heavy (non-hydrogen) atoms. The number of unbranched alkanes of at least 4 members (excludes halogenated alkanes) is 3. The molecule has 4 N–H and O–H groups in total. The van der Waals surface area contributed by atoms with Crippen LogP contribution in [0.15, 0.2) is 0 Å². The molecule has 1 saturated carbocycles. The Balaban J connectivity index is 2.47. The maximum atomic E-state index is 11.3. The summed E-state index contributed by atoms with van der Waals surface area (Å²) in [6.45, 7) is -0.406. The number of aliphatic hydroxyl groups is 3. The van der Waals surface area contributed by atoms with Crippen molar-refractivity contribution in [1.29, 1.82) is 0 Å². The minimum absolute atomic E-state index is 0.0173. The van der Waals surface area contributed by atoms with Gasteiger partial charge in [0.1, 0.15) is 6.29 Å². The van der Waals surface area contributed by atoms with Gasteiger partial charge in [-0.2, -0.15) is 0 Å². The van der Waals surface area contributed by atoms with E-state index in [0.29, 0.717) is 12.8 Å². The molecule has 0 aromatic rings. The molecule has 0 saturated heterocycles. The molecule has 6 nitrogen and oxygen atoms in total. The average molecular weight is 316 g/mol. The second kappa shape index (κ2) is 9.92. The largest absolute Gasteiger partial charge is 0.481 e. The topological polar surface area (TPSA) is 115 Å². The van der Waals surface area contributed by atoms with E-state index in [1.165, 1.54) is 0 Å². The molecule has 6 heteroatoms. The lowest BCUT2D eigenvalue weighted by atomic mass is 9.82. The first-order chi connectivity index (χ1) is 10.5. The standard InChI is InChI=1S/C16H28O6/c17-8-11-7-13(15(20)10-19)12(14(11)9-18)5-3-1-2-4-6-16(21)22/h9,11-15,17,19-20H,1-8,10H2,(H,21,22). The van der Waals surface area contributed by atoms with Gasteiger partial charge in [0.2, 0.25) is 0 Å². The SMILES string of the molecule is O=CC1C(CO)CC(C(O)CO)C1CCCCCCC(=O)O. The van der Waals surface area contributed by atoms with Gasteiger partial charge in [0.15, 0.2) is 0 Å². The smallest absolute Gasteiger partial charge is 0.303 e. The van der Waals surface area contributed by atoms with Crippen LogP contribution in [-0.2, 0) is 9.59 Å². The van der Waals surface area contributed by atoms with E-state index in [1.54, 1.807) is 0 Å². The molecule has 0 amide bonds. The quantitative estimate of drug-likeness (QED) is 0.331. The van der Waals surface area contributed by atoms with Crippen molar-refractivity contribution < 1.29 is 30.0 Å². The third-order valence-electron chi connectivity index (χ3n) is 4.91. The van der Waals surface area contributed by atoms with E-state index >= 15 is 0 Å². The van der Waals surface area contributed by atoms with Gasteiger partial charge in [-0.1, -0.05) is 19.3 Å². The Labute approximate surface area is 131 Å². The first-order valence-electron chi connectivity index (χ1n) is 8.12. The third kappa shape index (κ3) is 5.34. The fraction of sp³-hybridized carbons (Fsp3) is 0.875. The van der Waals surface area contributed by atoms with Crippen LogP contribution in [0, 0.1) is 23.7 Å². The van der Waals surface area contributed by atoms with Crippen molar-refractivity contribution in [2.75, 3.05) is 13.2 Å². The molecule has 5 unspecified atom stereocenters. The van der Waals surface area contributed by atoms with Crippen molar-refractivity contribution >= 4 is 12.3 Å². The summed E-state index contributed by atoms with van der Waals surface area (Å²) >= 11 is 0. The zero-order valence-electron chi connectivity index (χ0n) is 12.9. The number of carbonyl (C=O) groups excluding carboxylic acids is 1. The summed E-state index contributed by atoms with van der Waals surface area (Å²) in [5.74, 6) is -1.36. The van der Waals surface area contributed by atoms with Crippen LogP contribution in [-0.4, -0.2) is 52.0 Å². The molecule has 0 bridgehead atoms. The van der Waals surface area contributed by atoms with E-state index < -0.39 is 12.1 Å². The second-order valence-electron chi connectivity index (χ2n) is 6.32. The molecular formula is C16H28O6. The van der Waals surface area contributed by atoms with Crippen LogP contribution in [0.5, 0.6) is 0 Å². The first-order valence-corrected chi connectivity index (χ1v) is 8.12. The molecule has 1 aliphatic rings. The number of rotatable bonds is 11. The van der Waals surface area contributed by atoms with E-state index in [2.05, 4.69) is 0 Å². The number of carbonyl (C=O) groups is 2. The number of aldehydes is 1. The highest BCUT2D eigenvalue weighted by Crippen LogP contribution is 2.44. The van der Waals surface area contributed by atoms with Crippen LogP contribution in [0.4, 0.5) is 0 Å². The number of carboxylic acids is 1. The Kier molecular flexibility index (Phi) is 8.60. The molecule has 1 aliphatic carbocycles. The summed E-state index contributed by atoms with van der Waals surface area (Å²) in [6.07, 6.45) is 4.76. The van der Waals surface area contributed by atoms with Crippen LogP contribution < -0.4 is 0 Å². The number of hydrogen-bond acceptors (Lipinski definition) is 5. The van der Waals surface area contributed by atoms with Gasteiger partial charge in [-0.05, 0) is 37.0 Å². The fourth-order valence-corrected chi connectivity index (χ4v) is 3.72. The zero-order chi connectivity index (χ0) is 16.5. The van der Waals surface area contributed by atoms with Crippen LogP contribution in [0.1, 0.15) is 44.9 Å². The van der Waals surface area contributed by atoms with E-state index in [0.717, 1.165) is 32.0 Å². The lowest BCUT2D eigenvalue weighted by molar-refractivity contribution is -0.137. The molecular weight excluding hydrogens is 288 g/mol.